The third-order valence-corrected chi connectivity index (χ3v) is 8.15. The smallest absolute Gasteiger partial charge is 0.264 e. The number of nitrogens with one attached hydrogen (secondary N) is 1. The number of hydrogen-bond donors (Lipinski definition) is 1. The molecule has 0 fully saturated rings. The third-order valence-electron chi connectivity index (χ3n) is 6.37. The highest BCUT2D eigenvalue weighted by Gasteiger charge is 2.32. The van der Waals surface area contributed by atoms with Gasteiger partial charge >= 0.3 is 0 Å². The van der Waals surface area contributed by atoms with Crippen LogP contribution in [0.3, 0.4) is 0 Å². The number of rotatable bonds is 11. The number of hydrogen-bond acceptors (Lipinski definition) is 4. The van der Waals surface area contributed by atoms with Crippen LogP contribution < -0.4 is 9.62 Å². The quantitative estimate of drug-likeness (QED) is 0.384. The standard InChI is InChI=1S/C29H34FN3O4S/c1-5-22(3)31-29(35)23(4)32(19-24-13-11-21(2)12-14-24)28(34)20-33(26-17-15-25(30)16-18-26)38(36,37)27-9-7-6-8-10-27/h6-18,22-23H,5,19-20H2,1-4H3,(H,31,35). The van der Waals surface area contributed by atoms with Gasteiger partial charge in [0.1, 0.15) is 18.4 Å². The molecule has 9 heteroatoms. The predicted octanol–water partition coefficient (Wildman–Crippen LogP) is 4.66. The molecular formula is C29H34FN3O4S. The molecule has 0 aliphatic rings. The lowest BCUT2D eigenvalue weighted by molar-refractivity contribution is -0.139. The molecule has 7 nitrogen and oxygen atoms in total. The SMILES string of the molecule is CCC(C)NC(=O)C(C)N(Cc1ccc(C)cc1)C(=O)CN(c1ccc(F)cc1)S(=O)(=O)c1ccccc1. The van der Waals surface area contributed by atoms with E-state index in [1.165, 1.54) is 29.2 Å². The van der Waals surface area contributed by atoms with Crippen molar-refractivity contribution in [1.82, 2.24) is 10.2 Å². The lowest BCUT2D eigenvalue weighted by Gasteiger charge is -2.32. The molecule has 2 amide bonds. The second-order valence-corrected chi connectivity index (χ2v) is 11.2. The van der Waals surface area contributed by atoms with Gasteiger partial charge in [-0.3, -0.25) is 13.9 Å². The summed E-state index contributed by atoms with van der Waals surface area (Å²) in [5.41, 5.74) is 1.98. The van der Waals surface area contributed by atoms with Crippen LogP contribution >= 0.6 is 0 Å². The Hall–Kier alpha value is -3.72. The first kappa shape index (κ1) is 28.8. The van der Waals surface area contributed by atoms with Crippen molar-refractivity contribution in [2.75, 3.05) is 10.8 Å². The van der Waals surface area contributed by atoms with Crippen LogP contribution in [0.5, 0.6) is 0 Å². The summed E-state index contributed by atoms with van der Waals surface area (Å²) in [6.07, 6.45) is 0.720. The van der Waals surface area contributed by atoms with E-state index in [0.29, 0.717) is 0 Å². The molecule has 0 radical (unpaired) electrons. The number of amides is 2. The zero-order valence-corrected chi connectivity index (χ0v) is 22.9. The topological polar surface area (TPSA) is 86.8 Å². The summed E-state index contributed by atoms with van der Waals surface area (Å²) in [7, 11) is -4.18. The molecule has 202 valence electrons. The molecule has 0 spiro atoms. The zero-order chi connectivity index (χ0) is 27.9. The number of aryl methyl sites for hydroxylation is 1. The Labute approximate surface area is 224 Å². The van der Waals surface area contributed by atoms with Crippen LogP contribution in [0.1, 0.15) is 38.3 Å². The second-order valence-electron chi connectivity index (χ2n) is 9.30. The molecular weight excluding hydrogens is 505 g/mol. The van der Waals surface area contributed by atoms with E-state index in [1.807, 2.05) is 45.0 Å². The van der Waals surface area contributed by atoms with E-state index < -0.39 is 34.3 Å². The van der Waals surface area contributed by atoms with Crippen LogP contribution in [0.15, 0.2) is 83.8 Å². The molecule has 38 heavy (non-hydrogen) atoms. The summed E-state index contributed by atoms with van der Waals surface area (Å²) in [6, 6.07) is 19.2. The van der Waals surface area contributed by atoms with Crippen LogP contribution in [0.2, 0.25) is 0 Å². The fourth-order valence-electron chi connectivity index (χ4n) is 3.79. The van der Waals surface area contributed by atoms with Crippen LogP contribution in [0.4, 0.5) is 10.1 Å². The van der Waals surface area contributed by atoms with Crippen molar-refractivity contribution in [1.29, 1.82) is 0 Å². The molecule has 0 bridgehead atoms. The van der Waals surface area contributed by atoms with Gasteiger partial charge in [-0.05, 0) is 69.2 Å². The van der Waals surface area contributed by atoms with Crippen LogP contribution in [0.25, 0.3) is 0 Å². The van der Waals surface area contributed by atoms with E-state index in [9.17, 15) is 22.4 Å². The van der Waals surface area contributed by atoms with E-state index in [0.717, 1.165) is 34.0 Å². The highest BCUT2D eigenvalue weighted by Crippen LogP contribution is 2.25. The van der Waals surface area contributed by atoms with Crippen LogP contribution in [0, 0.1) is 12.7 Å². The van der Waals surface area contributed by atoms with E-state index in [-0.39, 0.29) is 29.1 Å². The van der Waals surface area contributed by atoms with Crippen LogP contribution in [-0.4, -0.2) is 43.8 Å². The van der Waals surface area contributed by atoms with E-state index in [1.54, 1.807) is 25.1 Å². The normalized spacial score (nSPS) is 12.9. The first-order chi connectivity index (χ1) is 18.0. The monoisotopic (exact) mass is 539 g/mol. The van der Waals surface area contributed by atoms with Gasteiger partial charge in [0, 0.05) is 12.6 Å². The van der Waals surface area contributed by atoms with Crippen LogP contribution in [-0.2, 0) is 26.2 Å². The summed E-state index contributed by atoms with van der Waals surface area (Å²) < 4.78 is 41.9. The van der Waals surface area contributed by atoms with E-state index in [4.69, 9.17) is 0 Å². The van der Waals surface area contributed by atoms with Gasteiger partial charge in [-0.1, -0.05) is 55.0 Å². The Morgan fingerprint density at radius 3 is 2.11 bits per heavy atom. The number of carbonyl (C=O) groups excluding carboxylic acids is 2. The summed E-state index contributed by atoms with van der Waals surface area (Å²) >= 11 is 0. The number of anilines is 1. The average Bonchev–Trinajstić information content (AvgIpc) is 2.91. The van der Waals surface area contributed by atoms with Gasteiger partial charge in [0.05, 0.1) is 10.6 Å². The minimum atomic E-state index is -4.18. The second kappa shape index (κ2) is 12.7. The largest absolute Gasteiger partial charge is 0.352 e. The highest BCUT2D eigenvalue weighted by atomic mass is 32.2. The van der Waals surface area contributed by atoms with E-state index in [2.05, 4.69) is 5.32 Å². The molecule has 3 aromatic carbocycles. The number of halogens is 1. The first-order valence-corrected chi connectivity index (χ1v) is 14.0. The maximum Gasteiger partial charge on any atom is 0.264 e. The molecule has 0 aliphatic heterocycles. The van der Waals surface area contributed by atoms with Gasteiger partial charge in [0.25, 0.3) is 10.0 Å². The number of sulfonamides is 1. The molecule has 0 aromatic heterocycles. The number of nitrogens with zero attached hydrogens (tertiary/aromatic N) is 2. The van der Waals surface area contributed by atoms with Crippen molar-refractivity contribution in [3.63, 3.8) is 0 Å². The molecule has 3 aromatic rings. The minimum absolute atomic E-state index is 0.00947. The predicted molar refractivity (Wildman–Crippen MR) is 146 cm³/mol. The van der Waals surface area contributed by atoms with Crippen molar-refractivity contribution < 1.29 is 22.4 Å². The summed E-state index contributed by atoms with van der Waals surface area (Å²) in [5.74, 6) is -1.44. The van der Waals surface area contributed by atoms with Crippen molar-refractivity contribution in [3.8, 4) is 0 Å². The Balaban J connectivity index is 2.00. The fourth-order valence-corrected chi connectivity index (χ4v) is 5.23. The average molecular weight is 540 g/mol. The van der Waals surface area contributed by atoms with Crippen molar-refractivity contribution >= 4 is 27.5 Å². The van der Waals surface area contributed by atoms with Crippen molar-refractivity contribution in [2.45, 2.75) is 57.6 Å². The van der Waals surface area contributed by atoms with Gasteiger partial charge in [-0.2, -0.15) is 0 Å². The Kier molecular flexibility index (Phi) is 9.63. The Bertz CT molecular complexity index is 1330. The summed E-state index contributed by atoms with van der Waals surface area (Å²) in [4.78, 5) is 28.2. The maximum atomic E-state index is 13.8. The zero-order valence-electron chi connectivity index (χ0n) is 22.1. The molecule has 3 rings (SSSR count). The summed E-state index contributed by atoms with van der Waals surface area (Å²) in [5, 5.41) is 2.90. The first-order valence-electron chi connectivity index (χ1n) is 12.5. The minimum Gasteiger partial charge on any atom is -0.352 e. The van der Waals surface area contributed by atoms with Gasteiger partial charge < -0.3 is 10.2 Å². The van der Waals surface area contributed by atoms with Gasteiger partial charge in [0.2, 0.25) is 11.8 Å². The lowest BCUT2D eigenvalue weighted by atomic mass is 10.1. The fraction of sp³-hybridized carbons (Fsp3) is 0.310. The van der Waals surface area contributed by atoms with Crippen molar-refractivity contribution in [3.05, 3.63) is 95.8 Å². The van der Waals surface area contributed by atoms with Gasteiger partial charge in [-0.15, -0.1) is 0 Å². The highest BCUT2D eigenvalue weighted by molar-refractivity contribution is 7.92. The molecule has 0 saturated carbocycles. The molecule has 0 aliphatic carbocycles. The molecule has 0 saturated heterocycles. The Morgan fingerprint density at radius 1 is 0.921 bits per heavy atom. The van der Waals surface area contributed by atoms with Gasteiger partial charge in [-0.25, -0.2) is 12.8 Å². The molecule has 1 N–H and O–H groups in total. The van der Waals surface area contributed by atoms with Crippen molar-refractivity contribution in [2.24, 2.45) is 0 Å². The Morgan fingerprint density at radius 2 is 1.53 bits per heavy atom. The molecule has 2 atom stereocenters. The maximum absolute atomic E-state index is 13.8. The molecule has 0 heterocycles. The number of benzene rings is 3. The molecule has 2 unspecified atom stereocenters. The third kappa shape index (κ3) is 7.19. The lowest BCUT2D eigenvalue weighted by Crippen LogP contribution is -2.52. The van der Waals surface area contributed by atoms with Gasteiger partial charge in [0.15, 0.2) is 0 Å². The summed E-state index contributed by atoms with van der Waals surface area (Å²) in [6.45, 7) is 6.92. The number of carbonyl (C=O) groups is 2. The van der Waals surface area contributed by atoms with E-state index >= 15 is 0 Å².